The SMILES string of the molecule is C.CCO.CO.COC(C)=O.[HH].[HH].[HH]. The molecule has 0 aromatic carbocycles. The van der Waals surface area contributed by atoms with Gasteiger partial charge in [0, 0.05) is 24.9 Å². The Hall–Kier alpha value is -0.610. The second-order valence-corrected chi connectivity index (χ2v) is 1.01. The van der Waals surface area contributed by atoms with Crippen LogP contribution in [0, 0.1) is 0 Å². The molecule has 0 amide bonds. The fourth-order valence-corrected chi connectivity index (χ4v) is 0. The van der Waals surface area contributed by atoms with Gasteiger partial charge in [-0.1, -0.05) is 7.43 Å². The number of ether oxygens (including phenoxy) is 1. The van der Waals surface area contributed by atoms with E-state index in [9.17, 15) is 4.79 Å². The number of aliphatic hydroxyl groups is 2. The molecule has 2 N–H and O–H groups in total. The zero-order valence-corrected chi connectivity index (χ0v) is 6.92. The molecule has 0 aromatic heterocycles. The fourth-order valence-electron chi connectivity index (χ4n) is 0. The summed E-state index contributed by atoms with van der Waals surface area (Å²) in [5.41, 5.74) is 0. The predicted molar refractivity (Wildman–Crippen MR) is 51.7 cm³/mol. The average Bonchev–Trinajstić information content (AvgIpc) is 1.94. The van der Waals surface area contributed by atoms with E-state index < -0.39 is 0 Å². The van der Waals surface area contributed by atoms with Crippen LogP contribution in [0.3, 0.4) is 0 Å². The van der Waals surface area contributed by atoms with Crippen molar-refractivity contribution < 1.29 is 24.0 Å². The normalized spacial score (nSPS) is 5.27. The summed E-state index contributed by atoms with van der Waals surface area (Å²) in [5.74, 6) is -0.245. The monoisotopic (exact) mass is 174 g/mol. The predicted octanol–water partition coefficient (Wildman–Crippen LogP) is 1.16. The van der Waals surface area contributed by atoms with Crippen LogP contribution in [-0.4, -0.2) is 37.0 Å². The Kier molecular flexibility index (Phi) is 70.0. The lowest BCUT2D eigenvalue weighted by Crippen LogP contribution is -1.88. The van der Waals surface area contributed by atoms with Crippen molar-refractivity contribution in [3.05, 3.63) is 0 Å². The van der Waals surface area contributed by atoms with Gasteiger partial charge in [-0.25, -0.2) is 0 Å². The molecule has 0 aromatic rings. The Labute approximate surface area is 73.3 Å². The number of rotatable bonds is 0. The molecule has 0 heterocycles. The summed E-state index contributed by atoms with van der Waals surface area (Å²) in [6, 6.07) is 0. The summed E-state index contributed by atoms with van der Waals surface area (Å²) in [6.07, 6.45) is 0. The van der Waals surface area contributed by atoms with Crippen molar-refractivity contribution in [1.29, 1.82) is 0 Å². The van der Waals surface area contributed by atoms with Gasteiger partial charge >= 0.3 is 5.97 Å². The molecule has 4 nitrogen and oxygen atoms in total. The zero-order chi connectivity index (χ0) is 8.99. The third kappa shape index (κ3) is 265. The van der Waals surface area contributed by atoms with Gasteiger partial charge in [0.05, 0.1) is 7.11 Å². The number of esters is 1. The first-order chi connectivity index (χ1) is 4.68. The summed E-state index contributed by atoms with van der Waals surface area (Å²) in [4.78, 5) is 9.59. The van der Waals surface area contributed by atoms with Gasteiger partial charge < -0.3 is 14.9 Å². The third-order valence-electron chi connectivity index (χ3n) is 0.287. The second-order valence-electron chi connectivity index (χ2n) is 1.01. The van der Waals surface area contributed by atoms with E-state index in [-0.39, 0.29) is 24.3 Å². The van der Waals surface area contributed by atoms with Crippen LogP contribution in [-0.2, 0) is 9.53 Å². The smallest absolute Gasteiger partial charge is 0.302 e. The van der Waals surface area contributed by atoms with E-state index in [1.54, 1.807) is 6.92 Å². The van der Waals surface area contributed by atoms with E-state index >= 15 is 0 Å². The van der Waals surface area contributed by atoms with E-state index in [0.717, 1.165) is 7.11 Å². The van der Waals surface area contributed by atoms with Gasteiger partial charge in [0.1, 0.15) is 0 Å². The van der Waals surface area contributed by atoms with Crippen molar-refractivity contribution in [2.75, 3.05) is 20.8 Å². The Morgan fingerprint density at radius 3 is 1.64 bits per heavy atom. The molecule has 78 valence electrons. The Bertz CT molecular complexity index is 64.9. The van der Waals surface area contributed by atoms with Crippen LogP contribution in [0.2, 0.25) is 0 Å². The maximum Gasteiger partial charge on any atom is 0.302 e. The maximum absolute atomic E-state index is 9.59. The highest BCUT2D eigenvalue weighted by atomic mass is 16.5. The molecule has 0 rings (SSSR count). The Morgan fingerprint density at radius 2 is 1.64 bits per heavy atom. The molecule has 4 heteroatoms. The minimum absolute atomic E-state index is 0. The summed E-state index contributed by atoms with van der Waals surface area (Å²) in [6.45, 7) is 3.29. The van der Waals surface area contributed by atoms with Crippen LogP contribution in [0.1, 0.15) is 25.6 Å². The second kappa shape index (κ2) is 34.3. The molecule has 0 bridgehead atoms. The molecule has 11 heavy (non-hydrogen) atoms. The highest BCUT2D eigenvalue weighted by molar-refractivity contribution is 5.65. The first kappa shape index (κ1) is 22.4. The summed E-state index contributed by atoms with van der Waals surface area (Å²) >= 11 is 0. The molecule has 0 saturated carbocycles. The lowest BCUT2D eigenvalue weighted by Gasteiger charge is -1.80. The minimum Gasteiger partial charge on any atom is -0.469 e. The molecular weight excluding hydrogens is 148 g/mol. The fraction of sp³-hybridized carbons (Fsp3) is 0.857. The van der Waals surface area contributed by atoms with E-state index in [1.807, 2.05) is 0 Å². The van der Waals surface area contributed by atoms with Gasteiger partial charge in [0.2, 0.25) is 0 Å². The van der Waals surface area contributed by atoms with E-state index in [1.165, 1.54) is 14.0 Å². The number of methoxy groups -OCH3 is 1. The Morgan fingerprint density at radius 1 is 1.55 bits per heavy atom. The number of hydrogen-bond acceptors (Lipinski definition) is 4. The minimum atomic E-state index is -0.245. The van der Waals surface area contributed by atoms with Gasteiger partial charge in [0.25, 0.3) is 0 Å². The number of aliphatic hydroxyl groups excluding tert-OH is 2. The lowest BCUT2D eigenvalue weighted by molar-refractivity contribution is -0.137. The van der Waals surface area contributed by atoms with Crippen LogP contribution >= 0.6 is 0 Å². The van der Waals surface area contributed by atoms with Crippen molar-refractivity contribution >= 4 is 5.97 Å². The molecule has 0 atom stereocenters. The van der Waals surface area contributed by atoms with Crippen LogP contribution in [0.4, 0.5) is 0 Å². The van der Waals surface area contributed by atoms with Crippen molar-refractivity contribution in [3.8, 4) is 0 Å². The molecular formula is C7H26O4. The number of hydrogen-bond donors (Lipinski definition) is 2. The number of carbonyl (C=O) groups is 1. The molecule has 0 aliphatic carbocycles. The van der Waals surface area contributed by atoms with Crippen molar-refractivity contribution in [3.63, 3.8) is 0 Å². The summed E-state index contributed by atoms with van der Waals surface area (Å²) < 4.78 is 4.11. The number of carbonyl (C=O) groups excluding carboxylic acids is 1. The molecule has 0 fully saturated rings. The van der Waals surface area contributed by atoms with E-state index in [4.69, 9.17) is 10.2 Å². The van der Waals surface area contributed by atoms with Gasteiger partial charge in [-0.2, -0.15) is 0 Å². The molecule has 0 unspecified atom stereocenters. The van der Waals surface area contributed by atoms with E-state index in [0.29, 0.717) is 0 Å². The molecule has 0 radical (unpaired) electrons. The van der Waals surface area contributed by atoms with Crippen molar-refractivity contribution in [2.24, 2.45) is 0 Å². The van der Waals surface area contributed by atoms with Crippen LogP contribution in [0.5, 0.6) is 0 Å². The molecule has 0 aliphatic heterocycles. The summed E-state index contributed by atoms with van der Waals surface area (Å²) in [5, 5.41) is 14.6. The van der Waals surface area contributed by atoms with Crippen LogP contribution in [0.25, 0.3) is 0 Å². The van der Waals surface area contributed by atoms with Gasteiger partial charge in [-0.3, -0.25) is 4.79 Å². The lowest BCUT2D eigenvalue weighted by atomic mass is 10.8. The topological polar surface area (TPSA) is 66.8 Å². The molecule has 0 spiro atoms. The van der Waals surface area contributed by atoms with Gasteiger partial charge in [0.15, 0.2) is 0 Å². The standard InChI is InChI=1S/C3H6O2.C2H6O.CH4O.CH4.3H2/c1-3(4)5-2;1-2-3;1-2;;;;/h1-2H3;3H,2H2,1H3;2H,1H3;1H4;3*1H. The van der Waals surface area contributed by atoms with Crippen molar-refractivity contribution in [2.45, 2.75) is 21.3 Å². The Balaban J connectivity index is -0.00000000993. The third-order valence-corrected chi connectivity index (χ3v) is 0.287. The quantitative estimate of drug-likeness (QED) is 0.541. The highest BCUT2D eigenvalue weighted by Crippen LogP contribution is 1.60. The first-order valence-electron chi connectivity index (χ1n) is 2.79. The maximum atomic E-state index is 9.59. The summed E-state index contributed by atoms with van der Waals surface area (Å²) in [7, 11) is 2.35. The zero-order valence-electron chi connectivity index (χ0n) is 6.92. The van der Waals surface area contributed by atoms with Crippen LogP contribution < -0.4 is 0 Å². The van der Waals surface area contributed by atoms with Crippen LogP contribution in [0.15, 0.2) is 0 Å². The van der Waals surface area contributed by atoms with Crippen molar-refractivity contribution in [1.82, 2.24) is 0 Å². The average molecular weight is 174 g/mol. The van der Waals surface area contributed by atoms with Gasteiger partial charge in [-0.15, -0.1) is 0 Å². The molecule has 0 aliphatic rings. The highest BCUT2D eigenvalue weighted by Gasteiger charge is 1.75. The van der Waals surface area contributed by atoms with Gasteiger partial charge in [-0.05, 0) is 6.92 Å². The molecule has 0 saturated heterocycles. The first-order valence-corrected chi connectivity index (χ1v) is 2.79. The largest absolute Gasteiger partial charge is 0.469 e. The van der Waals surface area contributed by atoms with E-state index in [2.05, 4.69) is 4.74 Å².